The predicted octanol–water partition coefficient (Wildman–Crippen LogP) is 9.58. The maximum Gasteiger partial charge on any atom is 0.107 e. The molecule has 0 bridgehead atoms. The zero-order valence-electron chi connectivity index (χ0n) is 25.8. The SMILES string of the molecule is C=C1CC=CC2=C1N(C(=C)/C=C\c1ccccc1N)C(/C=C\C)=C(CC)c1c2n([C@@H]2NC=CC(C)C2C)c2ccccc12. The molecule has 4 heteroatoms. The van der Waals surface area contributed by atoms with Crippen LogP contribution in [0.3, 0.4) is 0 Å². The first kappa shape index (κ1) is 28.4. The summed E-state index contributed by atoms with van der Waals surface area (Å²) in [7, 11) is 0. The average molecular weight is 567 g/mol. The highest BCUT2D eigenvalue weighted by atomic mass is 15.2. The molecule has 3 aliphatic rings. The minimum Gasteiger partial charge on any atom is -0.398 e. The maximum atomic E-state index is 6.30. The predicted molar refractivity (Wildman–Crippen MR) is 184 cm³/mol. The van der Waals surface area contributed by atoms with Crippen molar-refractivity contribution >= 4 is 33.8 Å². The highest BCUT2D eigenvalue weighted by Crippen LogP contribution is 2.50. The average Bonchev–Trinajstić information content (AvgIpc) is 3.27. The molecule has 4 nitrogen and oxygen atoms in total. The molecule has 3 heterocycles. The van der Waals surface area contributed by atoms with Gasteiger partial charge in [0.25, 0.3) is 0 Å². The molecule has 3 atom stereocenters. The van der Waals surface area contributed by atoms with Gasteiger partial charge in [-0.3, -0.25) is 0 Å². The Labute approximate surface area is 256 Å². The lowest BCUT2D eigenvalue weighted by Gasteiger charge is -2.36. The second-order valence-electron chi connectivity index (χ2n) is 11.8. The molecule has 218 valence electrons. The van der Waals surface area contributed by atoms with Gasteiger partial charge in [-0.25, -0.2) is 0 Å². The zero-order chi connectivity index (χ0) is 30.2. The van der Waals surface area contributed by atoms with Gasteiger partial charge in [-0.2, -0.15) is 0 Å². The Bertz CT molecular complexity index is 1800. The lowest BCUT2D eigenvalue weighted by atomic mass is 9.89. The third-order valence-electron chi connectivity index (χ3n) is 9.17. The van der Waals surface area contributed by atoms with E-state index in [1.807, 2.05) is 24.3 Å². The van der Waals surface area contributed by atoms with Crippen LogP contribution in [0.5, 0.6) is 0 Å². The van der Waals surface area contributed by atoms with Crippen molar-refractivity contribution in [1.82, 2.24) is 14.8 Å². The zero-order valence-corrected chi connectivity index (χ0v) is 25.8. The molecule has 0 fully saturated rings. The van der Waals surface area contributed by atoms with E-state index in [0.29, 0.717) is 11.8 Å². The van der Waals surface area contributed by atoms with E-state index in [1.165, 1.54) is 33.3 Å². The smallest absolute Gasteiger partial charge is 0.107 e. The van der Waals surface area contributed by atoms with Crippen LogP contribution >= 0.6 is 0 Å². The minimum absolute atomic E-state index is 0.102. The molecule has 3 aromatic rings. The summed E-state index contributed by atoms with van der Waals surface area (Å²) in [5, 5.41) is 5.01. The molecule has 1 aromatic heterocycles. The van der Waals surface area contributed by atoms with Gasteiger partial charge in [-0.05, 0) is 72.9 Å². The van der Waals surface area contributed by atoms with E-state index in [2.05, 4.69) is 129 Å². The van der Waals surface area contributed by atoms with Crippen LogP contribution in [0.2, 0.25) is 0 Å². The van der Waals surface area contributed by atoms with E-state index < -0.39 is 0 Å². The van der Waals surface area contributed by atoms with Gasteiger partial charge < -0.3 is 20.5 Å². The van der Waals surface area contributed by atoms with E-state index in [4.69, 9.17) is 5.73 Å². The number of nitrogen functional groups attached to an aromatic ring is 1. The molecule has 0 saturated heterocycles. The van der Waals surface area contributed by atoms with Crippen molar-refractivity contribution in [3.63, 3.8) is 0 Å². The highest BCUT2D eigenvalue weighted by Gasteiger charge is 2.37. The number of aromatic nitrogens is 1. The second-order valence-corrected chi connectivity index (χ2v) is 11.8. The quantitative estimate of drug-likeness (QED) is 0.231. The van der Waals surface area contributed by atoms with Crippen molar-refractivity contribution in [3.05, 3.63) is 144 Å². The minimum atomic E-state index is 0.102. The molecule has 0 saturated carbocycles. The molecule has 6 rings (SSSR count). The van der Waals surface area contributed by atoms with Gasteiger partial charge in [0, 0.05) is 39.5 Å². The molecule has 0 spiro atoms. The van der Waals surface area contributed by atoms with Crippen molar-refractivity contribution in [2.45, 2.75) is 46.7 Å². The topological polar surface area (TPSA) is 46.2 Å². The van der Waals surface area contributed by atoms with Crippen molar-refractivity contribution in [1.29, 1.82) is 0 Å². The van der Waals surface area contributed by atoms with Gasteiger partial charge in [0.2, 0.25) is 0 Å². The van der Waals surface area contributed by atoms with Gasteiger partial charge in [-0.1, -0.05) is 101 Å². The third-order valence-corrected chi connectivity index (χ3v) is 9.17. The molecular weight excluding hydrogens is 524 g/mol. The first-order chi connectivity index (χ1) is 20.9. The number of nitrogens with zero attached hydrogens (tertiary/aromatic N) is 2. The van der Waals surface area contributed by atoms with Crippen molar-refractivity contribution < 1.29 is 0 Å². The normalized spacial score (nSPS) is 22.0. The summed E-state index contributed by atoms with van der Waals surface area (Å²) in [4.78, 5) is 2.33. The summed E-state index contributed by atoms with van der Waals surface area (Å²) < 4.78 is 2.56. The third kappa shape index (κ3) is 4.71. The first-order valence-electron chi connectivity index (χ1n) is 15.4. The fourth-order valence-electron chi connectivity index (χ4n) is 6.80. The summed E-state index contributed by atoms with van der Waals surface area (Å²) in [5.41, 5.74) is 18.4. The number of fused-ring (bicyclic) bond motifs is 4. The second kappa shape index (κ2) is 11.5. The van der Waals surface area contributed by atoms with Crippen LogP contribution in [0.4, 0.5) is 5.69 Å². The summed E-state index contributed by atoms with van der Waals surface area (Å²) >= 11 is 0. The van der Waals surface area contributed by atoms with Gasteiger partial charge in [0.05, 0.1) is 16.9 Å². The maximum absolute atomic E-state index is 6.30. The number of hydrogen-bond acceptors (Lipinski definition) is 3. The van der Waals surface area contributed by atoms with Crippen molar-refractivity contribution in [2.24, 2.45) is 11.8 Å². The lowest BCUT2D eigenvalue weighted by molar-refractivity contribution is 0.258. The number of nitrogens with two attached hydrogens (primary N) is 1. The Morgan fingerprint density at radius 3 is 2.63 bits per heavy atom. The molecular formula is C39H42N4. The van der Waals surface area contributed by atoms with E-state index in [9.17, 15) is 0 Å². The largest absolute Gasteiger partial charge is 0.398 e. The number of benzene rings is 2. The van der Waals surface area contributed by atoms with E-state index in [1.54, 1.807) is 0 Å². The van der Waals surface area contributed by atoms with E-state index in [-0.39, 0.29) is 6.17 Å². The molecule has 2 unspecified atom stereocenters. The van der Waals surface area contributed by atoms with Gasteiger partial charge >= 0.3 is 0 Å². The Morgan fingerprint density at radius 2 is 1.86 bits per heavy atom. The summed E-state index contributed by atoms with van der Waals surface area (Å²) in [6, 6.07) is 16.8. The Balaban J connectivity index is 1.69. The molecule has 0 radical (unpaired) electrons. The number of hydrogen-bond donors (Lipinski definition) is 2. The Hall–Kier alpha value is -4.70. The van der Waals surface area contributed by atoms with E-state index >= 15 is 0 Å². The molecule has 2 aromatic carbocycles. The number of rotatable bonds is 6. The van der Waals surface area contributed by atoms with Crippen molar-refractivity contribution in [3.8, 4) is 0 Å². The van der Waals surface area contributed by atoms with Crippen molar-refractivity contribution in [2.75, 3.05) is 5.73 Å². The summed E-state index contributed by atoms with van der Waals surface area (Å²) in [6.45, 7) is 18.3. The van der Waals surface area contributed by atoms with Gasteiger partial charge in [-0.15, -0.1) is 0 Å². The Kier molecular flexibility index (Phi) is 7.62. The molecule has 0 amide bonds. The number of anilines is 1. The fraction of sp³-hybridized carbons (Fsp3) is 0.231. The summed E-state index contributed by atoms with van der Waals surface area (Å²) in [6.07, 6.45) is 19.2. The number of para-hydroxylation sites is 2. The van der Waals surface area contributed by atoms with Crippen LogP contribution in [0, 0.1) is 11.8 Å². The van der Waals surface area contributed by atoms with Crippen LogP contribution in [0.1, 0.15) is 63.5 Å². The number of allylic oxidation sites excluding steroid dienone is 9. The van der Waals surface area contributed by atoms with Crippen LogP contribution in [-0.2, 0) is 0 Å². The molecule has 43 heavy (non-hydrogen) atoms. The molecule has 2 aliphatic heterocycles. The van der Waals surface area contributed by atoms with Crippen LogP contribution in [-0.4, -0.2) is 9.47 Å². The van der Waals surface area contributed by atoms with Crippen LogP contribution < -0.4 is 11.1 Å². The molecule has 1 aliphatic carbocycles. The number of nitrogens with one attached hydrogen (secondary N) is 1. The standard InChI is InChI=1S/C39H42N4/c1-7-14-34-30(8-2)36-31-17-10-12-20-35(31)43(39-28(6)25(3)23-24-41-39)38(36)32-18-13-15-26(4)37(32)42(34)27(5)21-22-29-16-9-11-19-33(29)40/h7,9-14,16-25,28,39,41H,4-5,8,15,40H2,1-3,6H3/b14-7-,22-21-/t25?,28?,39-/m0/s1. The highest BCUT2D eigenvalue weighted by molar-refractivity contribution is 6.03. The van der Waals surface area contributed by atoms with Crippen LogP contribution in [0.15, 0.2) is 127 Å². The monoisotopic (exact) mass is 566 g/mol. The fourth-order valence-corrected chi connectivity index (χ4v) is 6.80. The first-order valence-corrected chi connectivity index (χ1v) is 15.4. The van der Waals surface area contributed by atoms with Crippen LogP contribution in [0.25, 0.3) is 28.1 Å². The van der Waals surface area contributed by atoms with E-state index in [0.717, 1.165) is 46.8 Å². The van der Waals surface area contributed by atoms with Gasteiger partial charge in [0.15, 0.2) is 0 Å². The molecule has 3 N–H and O–H groups in total. The van der Waals surface area contributed by atoms with Gasteiger partial charge in [0.1, 0.15) is 6.17 Å². The summed E-state index contributed by atoms with van der Waals surface area (Å²) in [5.74, 6) is 0.841. The lowest BCUT2D eigenvalue weighted by Crippen LogP contribution is -2.35. The Morgan fingerprint density at radius 1 is 1.09 bits per heavy atom.